The fraction of sp³-hybridized carbons (Fsp3) is 0.364. The van der Waals surface area contributed by atoms with Gasteiger partial charge in [0.05, 0.1) is 5.56 Å². The van der Waals surface area contributed by atoms with E-state index in [0.717, 1.165) is 11.1 Å². The lowest BCUT2D eigenvalue weighted by atomic mass is 9.99. The molecule has 218 valence electrons. The summed E-state index contributed by atoms with van der Waals surface area (Å²) in [6.07, 6.45) is 0.823. The molecule has 2 atom stereocenters. The van der Waals surface area contributed by atoms with E-state index in [4.69, 9.17) is 16.3 Å². The van der Waals surface area contributed by atoms with E-state index in [9.17, 15) is 14.4 Å². The number of halogens is 1. The predicted molar refractivity (Wildman–Crippen MR) is 164 cm³/mol. The Morgan fingerprint density at radius 1 is 0.780 bits per heavy atom. The molecule has 0 aliphatic heterocycles. The van der Waals surface area contributed by atoms with Gasteiger partial charge in [-0.15, -0.1) is 0 Å². The van der Waals surface area contributed by atoms with Crippen molar-refractivity contribution in [2.45, 2.75) is 66.2 Å². The fourth-order valence-electron chi connectivity index (χ4n) is 4.32. The fourth-order valence-corrected chi connectivity index (χ4v) is 4.49. The van der Waals surface area contributed by atoms with Gasteiger partial charge in [0, 0.05) is 10.7 Å². The van der Waals surface area contributed by atoms with Crippen molar-refractivity contribution in [3.8, 4) is 5.75 Å². The van der Waals surface area contributed by atoms with Crippen molar-refractivity contribution in [3.05, 3.63) is 94.5 Å². The lowest BCUT2D eigenvalue weighted by Gasteiger charge is -2.25. The highest BCUT2D eigenvalue weighted by Gasteiger charge is 2.29. The van der Waals surface area contributed by atoms with E-state index in [1.165, 1.54) is 6.07 Å². The highest BCUT2D eigenvalue weighted by Crippen LogP contribution is 2.24. The third-order valence-corrected chi connectivity index (χ3v) is 6.65. The van der Waals surface area contributed by atoms with Crippen LogP contribution in [0.25, 0.3) is 0 Å². The summed E-state index contributed by atoms with van der Waals surface area (Å²) in [5.41, 5.74) is 2.91. The van der Waals surface area contributed by atoms with E-state index in [0.29, 0.717) is 29.3 Å². The topological polar surface area (TPSA) is 96.5 Å². The predicted octanol–water partition coefficient (Wildman–Crippen LogP) is 6.54. The maximum absolute atomic E-state index is 13.5. The first-order valence-corrected chi connectivity index (χ1v) is 14.3. The molecule has 0 unspecified atom stereocenters. The summed E-state index contributed by atoms with van der Waals surface area (Å²) in [5.74, 6) is -0.611. The summed E-state index contributed by atoms with van der Waals surface area (Å²) in [6.45, 7) is 10.2. The van der Waals surface area contributed by atoms with Crippen molar-refractivity contribution in [2.75, 3.05) is 5.32 Å². The normalized spacial score (nSPS) is 12.5. The number of hydrogen-bond acceptors (Lipinski definition) is 4. The van der Waals surface area contributed by atoms with Gasteiger partial charge in [0.15, 0.2) is 0 Å². The molecule has 3 amide bonds. The molecule has 0 bridgehead atoms. The largest absolute Gasteiger partial charge is 0.488 e. The van der Waals surface area contributed by atoms with E-state index >= 15 is 0 Å². The van der Waals surface area contributed by atoms with Gasteiger partial charge in [-0.1, -0.05) is 87.3 Å². The summed E-state index contributed by atoms with van der Waals surface area (Å²) < 4.78 is 5.95. The summed E-state index contributed by atoms with van der Waals surface area (Å²) >= 11 is 6.23. The summed E-state index contributed by atoms with van der Waals surface area (Å²) in [7, 11) is 0. The standard InChI is InChI=1S/C33H40ClN3O4/c1-21(2)17-28(32(39)35-26-14-11-23(5)12-15-26)37-33(40)29(18-22(3)4)36-31(38)27-19-25(34)13-16-30(27)41-20-24-9-7-6-8-10-24/h6-16,19,21-22,28-29H,17-18,20H2,1-5H3,(H,35,39)(H,36,38)(H,37,40)/t28-,29-/m0/s1. The number of benzene rings is 3. The van der Waals surface area contributed by atoms with Crippen LogP contribution in [-0.2, 0) is 16.2 Å². The first kappa shape index (κ1) is 31.7. The monoisotopic (exact) mass is 577 g/mol. The third kappa shape index (κ3) is 10.3. The molecule has 3 N–H and O–H groups in total. The number of nitrogens with one attached hydrogen (secondary N) is 3. The molecule has 0 aliphatic rings. The molecule has 41 heavy (non-hydrogen) atoms. The molecule has 0 aromatic heterocycles. The number of aryl methyl sites for hydroxylation is 1. The van der Waals surface area contributed by atoms with Crippen molar-refractivity contribution in [3.63, 3.8) is 0 Å². The molecule has 0 spiro atoms. The lowest BCUT2D eigenvalue weighted by molar-refractivity contribution is -0.128. The van der Waals surface area contributed by atoms with Crippen molar-refractivity contribution in [1.82, 2.24) is 10.6 Å². The van der Waals surface area contributed by atoms with Gasteiger partial charge in [0.2, 0.25) is 11.8 Å². The molecule has 0 saturated heterocycles. The van der Waals surface area contributed by atoms with Crippen molar-refractivity contribution in [1.29, 1.82) is 0 Å². The molecular formula is C33H40ClN3O4. The highest BCUT2D eigenvalue weighted by atomic mass is 35.5. The highest BCUT2D eigenvalue weighted by molar-refractivity contribution is 6.31. The van der Waals surface area contributed by atoms with E-state index < -0.39 is 23.9 Å². The number of amides is 3. The van der Waals surface area contributed by atoms with Crippen LogP contribution in [0.3, 0.4) is 0 Å². The Labute approximate surface area is 248 Å². The Hall–Kier alpha value is -3.84. The molecule has 8 heteroatoms. The van der Waals surface area contributed by atoms with Crippen LogP contribution in [0.4, 0.5) is 5.69 Å². The SMILES string of the molecule is Cc1ccc(NC(=O)[C@H](CC(C)C)NC(=O)[C@H](CC(C)C)NC(=O)c2cc(Cl)ccc2OCc2ccccc2)cc1. The molecule has 0 heterocycles. The molecule has 3 aromatic rings. The molecule has 0 aliphatic carbocycles. The van der Waals surface area contributed by atoms with Gasteiger partial charge < -0.3 is 20.7 Å². The zero-order chi connectivity index (χ0) is 29.9. The first-order valence-electron chi connectivity index (χ1n) is 14.0. The van der Waals surface area contributed by atoms with Gasteiger partial charge in [-0.05, 0) is 67.5 Å². The number of hydrogen-bond donors (Lipinski definition) is 3. The van der Waals surface area contributed by atoms with Crippen LogP contribution in [0, 0.1) is 18.8 Å². The Morgan fingerprint density at radius 3 is 2.00 bits per heavy atom. The molecule has 0 saturated carbocycles. The molecule has 0 fully saturated rings. The number of carbonyl (C=O) groups is 3. The Bertz CT molecular complexity index is 1310. The Morgan fingerprint density at radius 2 is 1.39 bits per heavy atom. The zero-order valence-electron chi connectivity index (χ0n) is 24.4. The maximum atomic E-state index is 13.5. The first-order chi connectivity index (χ1) is 19.5. The van der Waals surface area contributed by atoms with Gasteiger partial charge in [0.25, 0.3) is 5.91 Å². The minimum atomic E-state index is -0.870. The van der Waals surface area contributed by atoms with Crippen LogP contribution in [0.1, 0.15) is 62.0 Å². The van der Waals surface area contributed by atoms with Crippen LogP contribution in [0.2, 0.25) is 5.02 Å². The number of anilines is 1. The quantitative estimate of drug-likeness (QED) is 0.215. The lowest BCUT2D eigenvalue weighted by Crippen LogP contribution is -2.53. The third-order valence-electron chi connectivity index (χ3n) is 6.41. The van der Waals surface area contributed by atoms with E-state index in [-0.39, 0.29) is 29.9 Å². The second-order valence-corrected chi connectivity index (χ2v) is 11.6. The van der Waals surface area contributed by atoms with Gasteiger partial charge in [-0.25, -0.2) is 0 Å². The number of ether oxygens (including phenoxy) is 1. The van der Waals surface area contributed by atoms with Crippen LogP contribution < -0.4 is 20.7 Å². The summed E-state index contributed by atoms with van der Waals surface area (Å²) in [6, 6.07) is 20.3. The summed E-state index contributed by atoms with van der Waals surface area (Å²) in [4.78, 5) is 40.2. The van der Waals surface area contributed by atoms with Crippen molar-refractivity contribution >= 4 is 35.0 Å². The van der Waals surface area contributed by atoms with E-state index in [1.807, 2.05) is 89.2 Å². The van der Waals surface area contributed by atoms with E-state index in [2.05, 4.69) is 16.0 Å². The van der Waals surface area contributed by atoms with E-state index in [1.54, 1.807) is 12.1 Å². The smallest absolute Gasteiger partial charge is 0.255 e. The van der Waals surface area contributed by atoms with Crippen LogP contribution >= 0.6 is 11.6 Å². The molecule has 3 aromatic carbocycles. The number of carbonyl (C=O) groups excluding carboxylic acids is 3. The van der Waals surface area contributed by atoms with Crippen LogP contribution in [0.5, 0.6) is 5.75 Å². The average Bonchev–Trinajstić information content (AvgIpc) is 2.92. The minimum Gasteiger partial charge on any atom is -0.488 e. The molecular weight excluding hydrogens is 538 g/mol. The van der Waals surface area contributed by atoms with Gasteiger partial charge in [-0.3, -0.25) is 14.4 Å². The van der Waals surface area contributed by atoms with Crippen molar-refractivity contribution < 1.29 is 19.1 Å². The molecule has 0 radical (unpaired) electrons. The zero-order valence-corrected chi connectivity index (χ0v) is 25.1. The molecule has 7 nitrogen and oxygen atoms in total. The average molecular weight is 578 g/mol. The van der Waals surface area contributed by atoms with Gasteiger partial charge in [0.1, 0.15) is 24.4 Å². The summed E-state index contributed by atoms with van der Waals surface area (Å²) in [5, 5.41) is 9.02. The maximum Gasteiger partial charge on any atom is 0.255 e. The van der Waals surface area contributed by atoms with Crippen LogP contribution in [-0.4, -0.2) is 29.8 Å². The van der Waals surface area contributed by atoms with Gasteiger partial charge in [-0.2, -0.15) is 0 Å². The second-order valence-electron chi connectivity index (χ2n) is 11.1. The van der Waals surface area contributed by atoms with Gasteiger partial charge >= 0.3 is 0 Å². The number of rotatable bonds is 13. The van der Waals surface area contributed by atoms with Crippen molar-refractivity contribution in [2.24, 2.45) is 11.8 Å². The second kappa shape index (κ2) is 15.2. The molecule has 3 rings (SSSR count). The minimum absolute atomic E-state index is 0.101. The Kier molecular flexibility index (Phi) is 11.8. The van der Waals surface area contributed by atoms with Crippen LogP contribution in [0.15, 0.2) is 72.8 Å². The Balaban J connectivity index is 1.76.